The van der Waals surface area contributed by atoms with Crippen molar-refractivity contribution in [3.8, 4) is 11.5 Å². The first kappa shape index (κ1) is 22.6. The van der Waals surface area contributed by atoms with Gasteiger partial charge in [0, 0.05) is 45.3 Å². The number of anilines is 1. The van der Waals surface area contributed by atoms with E-state index < -0.39 is 10.0 Å². The van der Waals surface area contributed by atoms with E-state index in [2.05, 4.69) is 20.4 Å². The third kappa shape index (κ3) is 4.65. The summed E-state index contributed by atoms with van der Waals surface area (Å²) in [5.74, 6) is 0.950. The number of hydrogen-bond donors (Lipinski definition) is 1. The minimum atomic E-state index is -3.55. The lowest BCUT2D eigenvalue weighted by Gasteiger charge is -2.21. The molecule has 10 heteroatoms. The summed E-state index contributed by atoms with van der Waals surface area (Å²) in [4.78, 5) is 6.97. The molecule has 2 heterocycles. The van der Waals surface area contributed by atoms with Crippen molar-refractivity contribution in [2.45, 2.75) is 37.1 Å². The van der Waals surface area contributed by atoms with Gasteiger partial charge in [-0.05, 0) is 45.0 Å². The number of hydrogen-bond acceptors (Lipinski definition) is 7. The second-order valence-corrected chi connectivity index (χ2v) is 9.22. The van der Waals surface area contributed by atoms with Crippen LogP contribution in [0, 0.1) is 0 Å². The van der Waals surface area contributed by atoms with Crippen LogP contribution >= 0.6 is 12.4 Å². The largest absolute Gasteiger partial charge is 0.371 e. The number of sulfonamides is 1. The molecule has 28 heavy (non-hydrogen) atoms. The van der Waals surface area contributed by atoms with Crippen LogP contribution in [0.5, 0.6) is 0 Å². The van der Waals surface area contributed by atoms with Crippen molar-refractivity contribution in [1.82, 2.24) is 19.8 Å². The summed E-state index contributed by atoms with van der Waals surface area (Å²) in [6.45, 7) is 3.91. The molecule has 3 rings (SSSR count). The van der Waals surface area contributed by atoms with Crippen LogP contribution in [0.2, 0.25) is 0 Å². The minimum absolute atomic E-state index is 0. The highest BCUT2D eigenvalue weighted by molar-refractivity contribution is 7.89. The Morgan fingerprint density at radius 2 is 1.96 bits per heavy atom. The third-order valence-electron chi connectivity index (χ3n) is 4.87. The van der Waals surface area contributed by atoms with Crippen molar-refractivity contribution in [2.75, 3.05) is 39.1 Å². The fraction of sp³-hybridized carbons (Fsp3) is 0.556. The average Bonchev–Trinajstić information content (AvgIpc) is 3.33. The number of nitrogens with zero attached hydrogens (tertiary/aromatic N) is 4. The number of benzene rings is 1. The van der Waals surface area contributed by atoms with E-state index in [1.807, 2.05) is 20.0 Å². The minimum Gasteiger partial charge on any atom is -0.371 e. The van der Waals surface area contributed by atoms with Gasteiger partial charge in [0.05, 0.1) is 10.5 Å². The van der Waals surface area contributed by atoms with Gasteiger partial charge in [-0.2, -0.15) is 4.98 Å². The van der Waals surface area contributed by atoms with Gasteiger partial charge in [0.2, 0.25) is 10.0 Å². The zero-order valence-corrected chi connectivity index (χ0v) is 18.3. The normalized spacial score (nSPS) is 15.7. The van der Waals surface area contributed by atoms with Gasteiger partial charge in [-0.15, -0.1) is 12.4 Å². The summed E-state index contributed by atoms with van der Waals surface area (Å²) in [5.41, 5.74) is 1.60. The first-order valence-electron chi connectivity index (χ1n) is 9.14. The Balaban J connectivity index is 0.00000280. The van der Waals surface area contributed by atoms with Gasteiger partial charge < -0.3 is 14.7 Å². The van der Waals surface area contributed by atoms with E-state index in [4.69, 9.17) is 4.52 Å². The maximum atomic E-state index is 12.6. The van der Waals surface area contributed by atoms with Gasteiger partial charge in [-0.1, -0.05) is 5.16 Å². The lowest BCUT2D eigenvalue weighted by Crippen LogP contribution is -2.24. The molecule has 1 aromatic heterocycles. The van der Waals surface area contributed by atoms with Crippen molar-refractivity contribution >= 4 is 28.1 Å². The van der Waals surface area contributed by atoms with Crippen LogP contribution in [0.25, 0.3) is 11.5 Å². The van der Waals surface area contributed by atoms with Crippen molar-refractivity contribution in [2.24, 2.45) is 0 Å². The van der Waals surface area contributed by atoms with Crippen LogP contribution < -0.4 is 10.2 Å². The average molecular weight is 430 g/mol. The summed E-state index contributed by atoms with van der Waals surface area (Å²) in [6.07, 6.45) is 2.87. The molecule has 0 saturated carbocycles. The maximum Gasteiger partial charge on any atom is 0.260 e. The van der Waals surface area contributed by atoms with Crippen molar-refractivity contribution in [3.63, 3.8) is 0 Å². The zero-order valence-electron chi connectivity index (χ0n) is 16.7. The first-order valence-corrected chi connectivity index (χ1v) is 10.6. The molecule has 1 fully saturated rings. The van der Waals surface area contributed by atoms with Gasteiger partial charge in [0.15, 0.2) is 5.82 Å². The Bertz CT molecular complexity index is 894. The van der Waals surface area contributed by atoms with Crippen LogP contribution in [0.4, 0.5) is 5.69 Å². The molecule has 1 aliphatic rings. The van der Waals surface area contributed by atoms with E-state index in [0.29, 0.717) is 23.7 Å². The van der Waals surface area contributed by atoms with E-state index in [1.54, 1.807) is 12.1 Å². The number of aromatic nitrogens is 2. The van der Waals surface area contributed by atoms with Crippen LogP contribution in [0.3, 0.4) is 0 Å². The molecule has 1 aromatic carbocycles. The highest BCUT2D eigenvalue weighted by Gasteiger charge is 2.25. The molecule has 156 valence electrons. The van der Waals surface area contributed by atoms with E-state index in [0.717, 1.165) is 31.6 Å². The lowest BCUT2D eigenvalue weighted by atomic mass is 10.1. The highest BCUT2D eigenvalue weighted by atomic mass is 35.5. The van der Waals surface area contributed by atoms with Crippen molar-refractivity contribution in [3.05, 3.63) is 24.0 Å². The predicted molar refractivity (Wildman–Crippen MR) is 112 cm³/mol. The molecule has 1 unspecified atom stereocenters. The Hall–Kier alpha value is -1.68. The molecule has 0 bridgehead atoms. The second kappa shape index (κ2) is 9.21. The molecule has 1 N–H and O–H groups in total. The summed E-state index contributed by atoms with van der Waals surface area (Å²) in [7, 11) is 1.38. The number of nitrogens with one attached hydrogen (secondary N) is 1. The van der Waals surface area contributed by atoms with E-state index in [-0.39, 0.29) is 23.3 Å². The monoisotopic (exact) mass is 429 g/mol. The molecular formula is C18H28ClN5O3S. The summed E-state index contributed by atoms with van der Waals surface area (Å²) >= 11 is 0. The fourth-order valence-electron chi connectivity index (χ4n) is 3.11. The van der Waals surface area contributed by atoms with Gasteiger partial charge in [0.1, 0.15) is 0 Å². The molecule has 2 aromatic rings. The zero-order chi connectivity index (χ0) is 19.6. The molecular weight excluding hydrogens is 402 g/mol. The molecule has 1 atom stereocenters. The Morgan fingerprint density at radius 3 is 2.57 bits per heavy atom. The van der Waals surface area contributed by atoms with Crippen molar-refractivity contribution in [1.29, 1.82) is 0 Å². The maximum absolute atomic E-state index is 12.6. The molecule has 0 radical (unpaired) electrons. The summed E-state index contributed by atoms with van der Waals surface area (Å²) in [5, 5.41) is 7.22. The number of halogens is 1. The van der Waals surface area contributed by atoms with Gasteiger partial charge in [-0.3, -0.25) is 0 Å². The molecule has 8 nitrogen and oxygen atoms in total. The Morgan fingerprint density at radius 1 is 1.29 bits per heavy atom. The quantitative estimate of drug-likeness (QED) is 0.720. The first-order chi connectivity index (χ1) is 12.8. The topological polar surface area (TPSA) is 91.6 Å². The van der Waals surface area contributed by atoms with Crippen LogP contribution in [-0.4, -0.2) is 63.1 Å². The van der Waals surface area contributed by atoms with Gasteiger partial charge in [0.25, 0.3) is 5.89 Å². The van der Waals surface area contributed by atoms with Crippen LogP contribution in [-0.2, 0) is 16.4 Å². The fourth-order valence-corrected chi connectivity index (χ4v) is 4.04. The molecule has 0 aliphatic carbocycles. The summed E-state index contributed by atoms with van der Waals surface area (Å²) < 4.78 is 31.9. The highest BCUT2D eigenvalue weighted by Crippen LogP contribution is 2.34. The number of likely N-dealkylation sites (N-methyl/N-ethyl adjacent to an activating group) is 1. The van der Waals surface area contributed by atoms with Crippen molar-refractivity contribution < 1.29 is 12.9 Å². The van der Waals surface area contributed by atoms with E-state index in [9.17, 15) is 8.42 Å². The summed E-state index contributed by atoms with van der Waals surface area (Å²) in [6, 6.07) is 5.35. The van der Waals surface area contributed by atoms with Crippen LogP contribution in [0.1, 0.15) is 25.6 Å². The van der Waals surface area contributed by atoms with E-state index in [1.165, 1.54) is 18.4 Å². The molecule has 0 spiro atoms. The molecule has 1 aliphatic heterocycles. The van der Waals surface area contributed by atoms with E-state index >= 15 is 0 Å². The lowest BCUT2D eigenvalue weighted by molar-refractivity contribution is 0.418. The number of rotatable bonds is 7. The molecule has 0 amide bonds. The van der Waals surface area contributed by atoms with Gasteiger partial charge in [-0.25, -0.2) is 12.7 Å². The Kier molecular flexibility index (Phi) is 7.44. The third-order valence-corrected chi connectivity index (χ3v) is 6.68. The van der Waals surface area contributed by atoms with Crippen LogP contribution in [0.15, 0.2) is 27.6 Å². The smallest absolute Gasteiger partial charge is 0.260 e. The van der Waals surface area contributed by atoms with Gasteiger partial charge >= 0.3 is 0 Å². The SMILES string of the molecule is CNC(C)Cc1noc(-c2cc(S(=O)(=O)N(C)C)ccc2N2CCCC2)n1.Cl. The predicted octanol–water partition coefficient (Wildman–Crippen LogP) is 2.16. The molecule has 1 saturated heterocycles. The standard InChI is InChI=1S/C18H27N5O3S.ClH/c1-13(19-2)11-17-20-18(26-21-17)15-12-14(27(24,25)22(3)4)7-8-16(15)23-9-5-6-10-23;/h7-8,12-13,19H,5-6,9-11H2,1-4H3;1H. The Labute approximate surface area is 172 Å². The second-order valence-electron chi connectivity index (χ2n) is 7.07.